The van der Waals surface area contributed by atoms with Crippen molar-refractivity contribution in [1.29, 1.82) is 0 Å². The van der Waals surface area contributed by atoms with Crippen LogP contribution in [0.15, 0.2) is 46.9 Å². The Bertz CT molecular complexity index is 764. The topological polar surface area (TPSA) is 76.2 Å². The molecule has 0 atom stereocenters. The van der Waals surface area contributed by atoms with E-state index >= 15 is 0 Å². The maximum atomic E-state index is 5.92. The molecule has 0 aliphatic carbocycles. The van der Waals surface area contributed by atoms with Crippen LogP contribution in [0.5, 0.6) is 0 Å². The van der Waals surface area contributed by atoms with E-state index in [2.05, 4.69) is 20.3 Å². The van der Waals surface area contributed by atoms with Gasteiger partial charge < -0.3 is 11.1 Å². The zero-order valence-electron chi connectivity index (χ0n) is 10.9. The molecule has 3 rings (SSSR count). The van der Waals surface area contributed by atoms with E-state index in [-0.39, 0.29) is 0 Å². The highest BCUT2D eigenvalue weighted by atomic mass is 32.1. The number of hydrogen-bond acceptors (Lipinski definition) is 4. The van der Waals surface area contributed by atoms with Crippen molar-refractivity contribution in [2.75, 3.05) is 5.32 Å². The standard InChI is InChI=1S/C14H13N5S/c1-9-8-12(10-4-2-3-5-11(10)17-9)18-13(15)19-14-16-6-7-20-14/h2-8H,1H3,(H3,15,16,17,18,19). The summed E-state index contributed by atoms with van der Waals surface area (Å²) < 4.78 is 0. The number of benzene rings is 1. The molecule has 0 saturated carbocycles. The molecular formula is C14H13N5S. The van der Waals surface area contributed by atoms with Crippen LogP contribution in [0, 0.1) is 6.92 Å². The molecule has 20 heavy (non-hydrogen) atoms. The number of aryl methyl sites for hydroxylation is 1. The van der Waals surface area contributed by atoms with E-state index in [1.165, 1.54) is 11.3 Å². The van der Waals surface area contributed by atoms with Gasteiger partial charge in [0.15, 0.2) is 0 Å². The number of nitrogens with zero attached hydrogens (tertiary/aromatic N) is 3. The molecule has 0 fully saturated rings. The minimum Gasteiger partial charge on any atom is -0.369 e. The number of para-hydroxylation sites is 1. The summed E-state index contributed by atoms with van der Waals surface area (Å²) in [5.74, 6) is 0.315. The molecule has 2 aromatic heterocycles. The molecule has 0 aliphatic rings. The number of anilines is 1. The van der Waals surface area contributed by atoms with Crippen LogP contribution in [0.25, 0.3) is 10.9 Å². The quantitative estimate of drug-likeness (QED) is 0.560. The third kappa shape index (κ3) is 2.60. The fraction of sp³-hybridized carbons (Fsp3) is 0.0714. The van der Waals surface area contributed by atoms with Gasteiger partial charge in [-0.05, 0) is 19.1 Å². The summed E-state index contributed by atoms with van der Waals surface area (Å²) in [5.41, 5.74) is 8.67. The highest BCUT2D eigenvalue weighted by molar-refractivity contribution is 7.13. The lowest BCUT2D eigenvalue weighted by molar-refractivity contribution is 1.25. The van der Waals surface area contributed by atoms with Crippen LogP contribution in [0.3, 0.4) is 0 Å². The van der Waals surface area contributed by atoms with Gasteiger partial charge in [-0.3, -0.25) is 4.98 Å². The molecule has 0 amide bonds. The van der Waals surface area contributed by atoms with Crippen molar-refractivity contribution in [2.24, 2.45) is 10.7 Å². The lowest BCUT2D eigenvalue weighted by Crippen LogP contribution is -2.22. The second-order valence-electron chi connectivity index (χ2n) is 4.27. The second kappa shape index (κ2) is 5.26. The van der Waals surface area contributed by atoms with Crippen molar-refractivity contribution in [3.63, 3.8) is 0 Å². The van der Waals surface area contributed by atoms with Crippen LogP contribution in [0.1, 0.15) is 5.69 Å². The number of aromatic nitrogens is 2. The Labute approximate surface area is 120 Å². The molecular weight excluding hydrogens is 270 g/mol. The molecule has 3 aromatic rings. The van der Waals surface area contributed by atoms with E-state index in [4.69, 9.17) is 5.73 Å². The molecule has 0 saturated heterocycles. The fourth-order valence-electron chi connectivity index (χ4n) is 1.95. The SMILES string of the molecule is Cc1cc(NC(N)=Nc2nccs2)c2ccccc2n1. The summed E-state index contributed by atoms with van der Waals surface area (Å²) in [4.78, 5) is 12.8. The summed E-state index contributed by atoms with van der Waals surface area (Å²) in [6, 6.07) is 9.86. The summed E-state index contributed by atoms with van der Waals surface area (Å²) in [6.45, 7) is 1.95. The van der Waals surface area contributed by atoms with Crippen molar-refractivity contribution in [2.45, 2.75) is 6.92 Å². The Morgan fingerprint density at radius 1 is 1.35 bits per heavy atom. The minimum atomic E-state index is 0.315. The van der Waals surface area contributed by atoms with Crippen molar-refractivity contribution < 1.29 is 0 Å². The zero-order valence-corrected chi connectivity index (χ0v) is 11.7. The first kappa shape index (κ1) is 12.6. The van der Waals surface area contributed by atoms with Gasteiger partial charge >= 0.3 is 0 Å². The Morgan fingerprint density at radius 3 is 3.00 bits per heavy atom. The molecule has 1 aromatic carbocycles. The first-order valence-electron chi connectivity index (χ1n) is 6.09. The fourth-order valence-corrected chi connectivity index (χ4v) is 2.47. The molecule has 100 valence electrons. The van der Waals surface area contributed by atoms with Crippen molar-refractivity contribution >= 4 is 39.0 Å². The summed E-state index contributed by atoms with van der Waals surface area (Å²) in [6.07, 6.45) is 1.70. The van der Waals surface area contributed by atoms with E-state index in [9.17, 15) is 0 Å². The van der Waals surface area contributed by atoms with Gasteiger partial charge in [0.25, 0.3) is 0 Å². The number of nitrogens with two attached hydrogens (primary N) is 1. The third-order valence-corrected chi connectivity index (χ3v) is 3.41. The third-order valence-electron chi connectivity index (χ3n) is 2.74. The summed E-state index contributed by atoms with van der Waals surface area (Å²) in [7, 11) is 0. The zero-order chi connectivity index (χ0) is 13.9. The normalized spacial score (nSPS) is 11.8. The van der Waals surface area contributed by atoms with Gasteiger partial charge in [-0.15, -0.1) is 11.3 Å². The molecule has 5 nitrogen and oxygen atoms in total. The van der Waals surface area contributed by atoms with E-state index in [1.807, 2.05) is 42.6 Å². The first-order valence-corrected chi connectivity index (χ1v) is 6.97. The van der Waals surface area contributed by atoms with Crippen molar-refractivity contribution in [1.82, 2.24) is 9.97 Å². The molecule has 6 heteroatoms. The average Bonchev–Trinajstić information content (AvgIpc) is 2.91. The largest absolute Gasteiger partial charge is 0.369 e. The first-order chi connectivity index (χ1) is 9.72. The number of fused-ring (bicyclic) bond motifs is 1. The number of nitrogens with one attached hydrogen (secondary N) is 1. The molecule has 3 N–H and O–H groups in total. The van der Waals surface area contributed by atoms with Gasteiger partial charge in [0.2, 0.25) is 11.1 Å². The van der Waals surface area contributed by atoms with Crippen LogP contribution in [-0.2, 0) is 0 Å². The molecule has 0 unspecified atom stereocenters. The maximum absolute atomic E-state index is 5.92. The lowest BCUT2D eigenvalue weighted by Gasteiger charge is -2.09. The van der Waals surface area contributed by atoms with E-state index in [1.54, 1.807) is 6.20 Å². The maximum Gasteiger partial charge on any atom is 0.212 e. The molecule has 2 heterocycles. The Morgan fingerprint density at radius 2 is 2.20 bits per heavy atom. The van der Waals surface area contributed by atoms with Gasteiger partial charge in [0.1, 0.15) is 0 Å². The number of rotatable bonds is 2. The molecule has 0 radical (unpaired) electrons. The number of thiazole rings is 1. The van der Waals surface area contributed by atoms with Gasteiger partial charge in [-0.2, -0.15) is 4.99 Å². The molecule has 0 aliphatic heterocycles. The number of hydrogen-bond donors (Lipinski definition) is 2. The van der Waals surface area contributed by atoms with Crippen LogP contribution < -0.4 is 11.1 Å². The number of pyridine rings is 1. The average molecular weight is 283 g/mol. The smallest absolute Gasteiger partial charge is 0.212 e. The Hall–Kier alpha value is -2.47. The molecule has 0 bridgehead atoms. The lowest BCUT2D eigenvalue weighted by atomic mass is 10.1. The minimum absolute atomic E-state index is 0.315. The predicted octanol–water partition coefficient (Wildman–Crippen LogP) is 3.06. The number of aliphatic imine (C=N–C) groups is 1. The summed E-state index contributed by atoms with van der Waals surface area (Å²) >= 11 is 1.44. The number of guanidine groups is 1. The van der Waals surface area contributed by atoms with E-state index < -0.39 is 0 Å². The highest BCUT2D eigenvalue weighted by Gasteiger charge is 2.05. The Balaban J connectivity index is 1.98. The van der Waals surface area contributed by atoms with Gasteiger partial charge in [-0.25, -0.2) is 4.98 Å². The summed E-state index contributed by atoms with van der Waals surface area (Å²) in [5, 5.41) is 6.62. The van der Waals surface area contributed by atoms with E-state index in [0.717, 1.165) is 22.3 Å². The molecule has 0 spiro atoms. The van der Waals surface area contributed by atoms with E-state index in [0.29, 0.717) is 11.1 Å². The van der Waals surface area contributed by atoms with Crippen LogP contribution >= 0.6 is 11.3 Å². The van der Waals surface area contributed by atoms with Gasteiger partial charge in [0, 0.05) is 22.7 Å². The van der Waals surface area contributed by atoms with Crippen molar-refractivity contribution in [3.05, 3.63) is 47.6 Å². The predicted molar refractivity (Wildman–Crippen MR) is 83.5 cm³/mol. The van der Waals surface area contributed by atoms with Crippen LogP contribution in [0.2, 0.25) is 0 Å². The van der Waals surface area contributed by atoms with Gasteiger partial charge in [-0.1, -0.05) is 18.2 Å². The highest BCUT2D eigenvalue weighted by Crippen LogP contribution is 2.23. The second-order valence-corrected chi connectivity index (χ2v) is 5.14. The Kier molecular flexibility index (Phi) is 3.30. The van der Waals surface area contributed by atoms with Crippen LogP contribution in [0.4, 0.5) is 10.8 Å². The van der Waals surface area contributed by atoms with Crippen LogP contribution in [-0.4, -0.2) is 15.9 Å². The van der Waals surface area contributed by atoms with Crippen molar-refractivity contribution in [3.8, 4) is 0 Å². The monoisotopic (exact) mass is 283 g/mol. The van der Waals surface area contributed by atoms with Gasteiger partial charge in [0.05, 0.1) is 11.2 Å².